The summed E-state index contributed by atoms with van der Waals surface area (Å²) in [7, 11) is 1.91. The summed E-state index contributed by atoms with van der Waals surface area (Å²) in [6.07, 6.45) is 3.45. The summed E-state index contributed by atoms with van der Waals surface area (Å²) in [5.74, 6) is 1.57. The van der Waals surface area contributed by atoms with Gasteiger partial charge < -0.3 is 4.90 Å². The molecule has 0 aliphatic heterocycles. The van der Waals surface area contributed by atoms with Gasteiger partial charge in [0.1, 0.15) is 5.69 Å². The molecule has 0 radical (unpaired) electrons. The molecular formula is C15H25N3OS. The van der Waals surface area contributed by atoms with Crippen LogP contribution in [-0.4, -0.2) is 45.1 Å². The number of nitrogens with zero attached hydrogens (tertiary/aromatic N) is 2. The van der Waals surface area contributed by atoms with E-state index in [4.69, 9.17) is 0 Å². The van der Waals surface area contributed by atoms with E-state index in [0.717, 1.165) is 24.3 Å². The molecule has 0 spiro atoms. The highest BCUT2D eigenvalue weighted by Crippen LogP contribution is 2.32. The molecule has 1 amide bonds. The van der Waals surface area contributed by atoms with Crippen molar-refractivity contribution < 1.29 is 4.79 Å². The van der Waals surface area contributed by atoms with Crippen molar-refractivity contribution in [3.05, 3.63) is 17.5 Å². The maximum absolute atomic E-state index is 12.5. The van der Waals surface area contributed by atoms with Crippen LogP contribution in [0.1, 0.15) is 62.1 Å². The standard InChI is InChI=1S/C15H25N3OS/c1-5-20-12-7-6-11(8-12)18(4)15(19)14-9-13(10(2)3)16-17-14/h9-12H,5-8H2,1-4H3,(H,16,17)/t11-,12+/m0/s1. The lowest BCUT2D eigenvalue weighted by atomic mass is 10.1. The first kappa shape index (κ1) is 15.4. The molecule has 112 valence electrons. The second kappa shape index (κ2) is 6.66. The summed E-state index contributed by atoms with van der Waals surface area (Å²) in [6.45, 7) is 6.38. The maximum Gasteiger partial charge on any atom is 0.274 e. The fourth-order valence-corrected chi connectivity index (χ4v) is 3.88. The zero-order chi connectivity index (χ0) is 14.7. The van der Waals surface area contributed by atoms with Gasteiger partial charge in [-0.05, 0) is 37.0 Å². The van der Waals surface area contributed by atoms with E-state index in [1.807, 2.05) is 29.8 Å². The number of hydrogen-bond donors (Lipinski definition) is 1. The molecule has 0 bridgehead atoms. The molecule has 1 aromatic heterocycles. The number of H-pyrrole nitrogens is 1. The minimum absolute atomic E-state index is 0.0419. The molecule has 4 nitrogen and oxygen atoms in total. The largest absolute Gasteiger partial charge is 0.337 e. The van der Waals surface area contributed by atoms with E-state index in [-0.39, 0.29) is 5.91 Å². The number of carbonyl (C=O) groups excluding carboxylic acids is 1. The highest BCUT2D eigenvalue weighted by atomic mass is 32.2. The number of hydrogen-bond acceptors (Lipinski definition) is 3. The average molecular weight is 295 g/mol. The fourth-order valence-electron chi connectivity index (χ4n) is 2.74. The summed E-state index contributed by atoms with van der Waals surface area (Å²) in [5.41, 5.74) is 1.57. The third-order valence-corrected chi connectivity index (χ3v) is 5.30. The Labute approximate surface area is 125 Å². The first-order chi connectivity index (χ1) is 9.52. The van der Waals surface area contributed by atoms with E-state index in [0.29, 0.717) is 22.9 Å². The third-order valence-electron chi connectivity index (χ3n) is 4.07. The van der Waals surface area contributed by atoms with Crippen molar-refractivity contribution in [2.75, 3.05) is 12.8 Å². The average Bonchev–Trinajstić information content (AvgIpc) is 3.06. The number of thioether (sulfide) groups is 1. The van der Waals surface area contributed by atoms with E-state index in [1.165, 1.54) is 6.42 Å². The predicted molar refractivity (Wildman–Crippen MR) is 84.3 cm³/mol. The highest BCUT2D eigenvalue weighted by molar-refractivity contribution is 7.99. The lowest BCUT2D eigenvalue weighted by Gasteiger charge is -2.23. The van der Waals surface area contributed by atoms with E-state index < -0.39 is 0 Å². The van der Waals surface area contributed by atoms with Gasteiger partial charge in [0.25, 0.3) is 5.91 Å². The molecule has 2 atom stereocenters. The zero-order valence-corrected chi connectivity index (χ0v) is 13.7. The Morgan fingerprint density at radius 1 is 1.55 bits per heavy atom. The second-order valence-electron chi connectivity index (χ2n) is 5.82. The van der Waals surface area contributed by atoms with Crippen molar-refractivity contribution in [2.45, 2.75) is 57.2 Å². The molecule has 1 heterocycles. The number of rotatable bonds is 5. The number of nitrogens with one attached hydrogen (secondary N) is 1. The van der Waals surface area contributed by atoms with E-state index in [9.17, 15) is 4.79 Å². The van der Waals surface area contributed by atoms with Crippen LogP contribution in [0.3, 0.4) is 0 Å². The van der Waals surface area contributed by atoms with Gasteiger partial charge in [0, 0.05) is 24.0 Å². The van der Waals surface area contributed by atoms with Crippen LogP contribution in [0.15, 0.2) is 6.07 Å². The summed E-state index contributed by atoms with van der Waals surface area (Å²) >= 11 is 2.02. The van der Waals surface area contributed by atoms with Crippen LogP contribution in [0.25, 0.3) is 0 Å². The lowest BCUT2D eigenvalue weighted by molar-refractivity contribution is 0.0729. The normalized spacial score (nSPS) is 22.4. The molecule has 1 saturated carbocycles. The number of carbonyl (C=O) groups is 1. The van der Waals surface area contributed by atoms with Crippen LogP contribution >= 0.6 is 11.8 Å². The summed E-state index contributed by atoms with van der Waals surface area (Å²) in [4.78, 5) is 14.4. The van der Waals surface area contributed by atoms with Gasteiger partial charge in [-0.2, -0.15) is 16.9 Å². The van der Waals surface area contributed by atoms with Crippen molar-refractivity contribution >= 4 is 17.7 Å². The fraction of sp³-hybridized carbons (Fsp3) is 0.733. The van der Waals surface area contributed by atoms with Crippen molar-refractivity contribution in [3.63, 3.8) is 0 Å². The molecule has 20 heavy (non-hydrogen) atoms. The third kappa shape index (κ3) is 3.37. The van der Waals surface area contributed by atoms with Crippen LogP contribution in [0.5, 0.6) is 0 Å². The van der Waals surface area contributed by atoms with E-state index >= 15 is 0 Å². The van der Waals surface area contributed by atoms with Gasteiger partial charge in [-0.15, -0.1) is 0 Å². The van der Waals surface area contributed by atoms with Gasteiger partial charge in [-0.3, -0.25) is 9.89 Å². The molecular weight excluding hydrogens is 270 g/mol. The van der Waals surface area contributed by atoms with Crippen LogP contribution < -0.4 is 0 Å². The Balaban J connectivity index is 1.98. The van der Waals surface area contributed by atoms with Crippen LogP contribution in [0.4, 0.5) is 0 Å². The van der Waals surface area contributed by atoms with Gasteiger partial charge in [-0.1, -0.05) is 20.8 Å². The topological polar surface area (TPSA) is 49.0 Å². The molecule has 0 saturated heterocycles. The molecule has 0 aromatic carbocycles. The van der Waals surface area contributed by atoms with Gasteiger partial charge in [-0.25, -0.2) is 0 Å². The molecule has 0 unspecified atom stereocenters. The Hall–Kier alpha value is -0.970. The van der Waals surface area contributed by atoms with Gasteiger partial charge in [0.05, 0.1) is 0 Å². The smallest absolute Gasteiger partial charge is 0.274 e. The Morgan fingerprint density at radius 3 is 2.90 bits per heavy atom. The molecule has 1 aliphatic carbocycles. The molecule has 5 heteroatoms. The zero-order valence-electron chi connectivity index (χ0n) is 12.8. The molecule has 2 rings (SSSR count). The highest BCUT2D eigenvalue weighted by Gasteiger charge is 2.31. The second-order valence-corrected chi connectivity index (χ2v) is 7.40. The molecule has 1 aromatic rings. The monoisotopic (exact) mass is 295 g/mol. The summed E-state index contributed by atoms with van der Waals surface area (Å²) in [6, 6.07) is 2.25. The minimum Gasteiger partial charge on any atom is -0.337 e. The maximum atomic E-state index is 12.5. The van der Waals surface area contributed by atoms with Gasteiger partial charge in [0.15, 0.2) is 0 Å². The first-order valence-electron chi connectivity index (χ1n) is 7.47. The van der Waals surface area contributed by atoms with Crippen molar-refractivity contribution in [1.29, 1.82) is 0 Å². The molecule has 1 N–H and O–H groups in total. The Bertz CT molecular complexity index is 458. The number of aromatic nitrogens is 2. The first-order valence-corrected chi connectivity index (χ1v) is 8.51. The number of aromatic amines is 1. The summed E-state index contributed by atoms with van der Waals surface area (Å²) < 4.78 is 0. The van der Waals surface area contributed by atoms with E-state index in [2.05, 4.69) is 31.0 Å². The summed E-state index contributed by atoms with van der Waals surface area (Å²) in [5, 5.41) is 7.84. The van der Waals surface area contributed by atoms with Crippen molar-refractivity contribution in [3.8, 4) is 0 Å². The van der Waals surface area contributed by atoms with Gasteiger partial charge in [0.2, 0.25) is 0 Å². The SMILES string of the molecule is CCS[C@@H]1CC[C@H](N(C)C(=O)c2cc(C(C)C)[nH]n2)C1. The number of amides is 1. The lowest BCUT2D eigenvalue weighted by Crippen LogP contribution is -2.35. The van der Waals surface area contributed by atoms with E-state index in [1.54, 1.807) is 0 Å². The Kier molecular flexibility index (Phi) is 5.13. The molecule has 1 fully saturated rings. The van der Waals surface area contributed by atoms with Crippen molar-refractivity contribution in [2.24, 2.45) is 0 Å². The van der Waals surface area contributed by atoms with Gasteiger partial charge >= 0.3 is 0 Å². The van der Waals surface area contributed by atoms with Crippen LogP contribution in [0, 0.1) is 0 Å². The predicted octanol–water partition coefficient (Wildman–Crippen LogP) is 3.28. The quantitative estimate of drug-likeness (QED) is 0.907. The van der Waals surface area contributed by atoms with Crippen molar-refractivity contribution in [1.82, 2.24) is 15.1 Å². The molecule has 1 aliphatic rings. The minimum atomic E-state index is 0.0419. The Morgan fingerprint density at radius 2 is 2.30 bits per heavy atom. The van der Waals surface area contributed by atoms with Crippen LogP contribution in [-0.2, 0) is 0 Å². The van der Waals surface area contributed by atoms with Crippen LogP contribution in [0.2, 0.25) is 0 Å².